The Labute approximate surface area is 318 Å². The highest BCUT2D eigenvalue weighted by Crippen LogP contribution is 2.54. The first-order valence-electron chi connectivity index (χ1n) is 18.1. The lowest BCUT2D eigenvalue weighted by Crippen LogP contribution is -2.31. The van der Waals surface area contributed by atoms with Crippen molar-refractivity contribution in [2.75, 3.05) is 23.9 Å². The molecule has 1 aromatic carbocycles. The molecule has 19 nitrogen and oxygen atoms in total. The summed E-state index contributed by atoms with van der Waals surface area (Å²) < 4.78 is 56.9. The van der Waals surface area contributed by atoms with E-state index in [1.807, 2.05) is 0 Å². The second-order valence-corrected chi connectivity index (χ2v) is 16.2. The van der Waals surface area contributed by atoms with E-state index in [-0.39, 0.29) is 47.8 Å². The molecule has 298 valence electrons. The van der Waals surface area contributed by atoms with Gasteiger partial charge in [0.25, 0.3) is 11.5 Å². The van der Waals surface area contributed by atoms with E-state index in [0.29, 0.717) is 16.7 Å². The van der Waals surface area contributed by atoms with Crippen molar-refractivity contribution >= 4 is 53.5 Å². The Morgan fingerprint density at radius 2 is 1.71 bits per heavy atom. The van der Waals surface area contributed by atoms with Crippen LogP contribution < -0.4 is 16.2 Å². The van der Waals surface area contributed by atoms with Crippen molar-refractivity contribution in [3.05, 3.63) is 65.2 Å². The van der Waals surface area contributed by atoms with E-state index in [0.717, 1.165) is 0 Å². The molecule has 9 unspecified atom stereocenters. The second-order valence-electron chi connectivity index (χ2n) is 14.0. The molecular weight excluding hydrogens is 754 g/mol. The molecule has 0 radical (unpaired) electrons. The average Bonchev–Trinajstić information content (AvgIpc) is 3.96. The van der Waals surface area contributed by atoms with Crippen LogP contribution in [0.4, 0.5) is 16.2 Å². The van der Waals surface area contributed by atoms with Crippen LogP contribution in [0.15, 0.2) is 54.1 Å². The molecule has 0 spiro atoms. The third-order valence-electron chi connectivity index (χ3n) is 9.97. The zero-order chi connectivity index (χ0) is 39.9. The summed E-state index contributed by atoms with van der Waals surface area (Å²) in [7, 11) is -2.93. The van der Waals surface area contributed by atoms with Gasteiger partial charge in [-0.2, -0.15) is 4.98 Å². The number of carbonyl (C=O) groups is 2. The summed E-state index contributed by atoms with van der Waals surface area (Å²) >= 11 is 0. The van der Waals surface area contributed by atoms with E-state index in [1.165, 1.54) is 30.7 Å². The number of aliphatic hydroxyl groups is 1. The average molecular weight is 797 g/mol. The largest absolute Gasteiger partial charge is 0.390 e. The van der Waals surface area contributed by atoms with Gasteiger partial charge < -0.3 is 24.4 Å². The van der Waals surface area contributed by atoms with Gasteiger partial charge in [0, 0.05) is 24.5 Å². The van der Waals surface area contributed by atoms with Crippen molar-refractivity contribution in [2.45, 2.75) is 83.6 Å². The molecule has 2 saturated heterocycles. The number of H-pyrrole nitrogens is 1. The summed E-state index contributed by atoms with van der Waals surface area (Å²) in [6, 6.07) is 8.63. The number of fused-ring (bicyclic) bond motifs is 2. The number of hydrogen-bond donors (Lipinski definition) is 4. The standard InChI is InChI=1S/C35H42FN10O9P/c1-6-20-22(36)26(34(53-20)46-16-40-24-29(46)42-35(44-32(24)50)43-30(48)17(2)3)55-56(51,52-5)13-12-21-25(47)18(4)33(54-21)45-15-39-23-27(37-14-38-28(23)45)41-31(49)19-10-8-7-9-11-19/h7-11,14-18,20-22,25-26,33-34,47H,6,12-13H2,1-5H3,(H,37,38,41,49)(H2,42,43,44,48,50). The van der Waals surface area contributed by atoms with Crippen LogP contribution in [0.3, 0.4) is 0 Å². The first kappa shape index (κ1) is 39.3. The molecule has 2 aliphatic heterocycles. The summed E-state index contributed by atoms with van der Waals surface area (Å²) in [5.74, 6) is -1.62. The number of anilines is 2. The number of amides is 2. The maximum absolute atomic E-state index is 16.0. The van der Waals surface area contributed by atoms with Crippen molar-refractivity contribution in [1.29, 1.82) is 0 Å². The van der Waals surface area contributed by atoms with Gasteiger partial charge in [-0.25, -0.2) is 24.3 Å². The molecule has 6 heterocycles. The van der Waals surface area contributed by atoms with Gasteiger partial charge in [-0.05, 0) is 25.0 Å². The Hall–Kier alpha value is -4.98. The molecule has 5 aromatic rings. The van der Waals surface area contributed by atoms with Crippen molar-refractivity contribution in [2.24, 2.45) is 11.8 Å². The zero-order valence-corrected chi connectivity index (χ0v) is 32.0. The van der Waals surface area contributed by atoms with Crippen LogP contribution in [0.5, 0.6) is 0 Å². The lowest BCUT2D eigenvalue weighted by molar-refractivity contribution is -0.118. The van der Waals surface area contributed by atoms with Gasteiger partial charge in [0.2, 0.25) is 11.9 Å². The molecule has 0 saturated carbocycles. The lowest BCUT2D eigenvalue weighted by atomic mass is 10.0. The van der Waals surface area contributed by atoms with Gasteiger partial charge in [-0.3, -0.25) is 42.9 Å². The molecule has 4 aromatic heterocycles. The number of nitrogens with zero attached hydrogens (tertiary/aromatic N) is 7. The molecular formula is C35H42FN10O9P. The van der Waals surface area contributed by atoms with Crippen LogP contribution in [0.2, 0.25) is 0 Å². The molecule has 9 atom stereocenters. The minimum absolute atomic E-state index is 0.0105. The number of halogens is 1. The van der Waals surface area contributed by atoms with Crippen molar-refractivity contribution in [3.63, 3.8) is 0 Å². The predicted octanol–water partition coefficient (Wildman–Crippen LogP) is 3.96. The number of aliphatic hydroxyl groups excluding tert-OH is 1. The molecule has 2 fully saturated rings. The van der Waals surface area contributed by atoms with Crippen LogP contribution in [0, 0.1) is 11.8 Å². The smallest absolute Gasteiger partial charge is 0.331 e. The SMILES string of the molecule is CCC1OC(n2cnc3c(=O)[nH]c(NC(=O)C(C)C)nc32)C(OP(=O)(CCC2OC(n3cnc4c(NC(=O)c5ccccc5)ncnc43)C(C)C2O)OC)C1F. The normalized spacial score (nSPS) is 26.2. The van der Waals surface area contributed by atoms with Crippen molar-refractivity contribution in [3.8, 4) is 0 Å². The fourth-order valence-electron chi connectivity index (χ4n) is 6.79. The Morgan fingerprint density at radius 1 is 1.02 bits per heavy atom. The zero-order valence-electron chi connectivity index (χ0n) is 31.1. The number of imidazole rings is 2. The highest BCUT2D eigenvalue weighted by Gasteiger charge is 2.51. The number of alkyl halides is 1. The van der Waals surface area contributed by atoms with Gasteiger partial charge in [-0.1, -0.05) is 45.9 Å². The Balaban J connectivity index is 1.08. The molecule has 21 heteroatoms. The third kappa shape index (κ3) is 7.47. The highest BCUT2D eigenvalue weighted by molar-refractivity contribution is 7.53. The lowest BCUT2D eigenvalue weighted by Gasteiger charge is -2.26. The van der Waals surface area contributed by atoms with Crippen LogP contribution in [0.1, 0.15) is 63.4 Å². The summed E-state index contributed by atoms with van der Waals surface area (Å²) in [4.78, 5) is 62.0. The fraction of sp³-hybridized carbons (Fsp3) is 0.486. The van der Waals surface area contributed by atoms with Gasteiger partial charge in [0.1, 0.15) is 18.7 Å². The van der Waals surface area contributed by atoms with Gasteiger partial charge in [-0.15, -0.1) is 0 Å². The van der Waals surface area contributed by atoms with E-state index in [2.05, 4.69) is 40.5 Å². The summed E-state index contributed by atoms with van der Waals surface area (Å²) in [6.07, 6.45) is -4.21. The van der Waals surface area contributed by atoms with Crippen LogP contribution >= 0.6 is 7.60 Å². The number of aromatic nitrogens is 8. The monoisotopic (exact) mass is 796 g/mol. The predicted molar refractivity (Wildman–Crippen MR) is 198 cm³/mol. The number of benzene rings is 1. The molecule has 2 amide bonds. The van der Waals surface area contributed by atoms with Crippen LogP contribution in [-0.4, -0.2) is 99.8 Å². The number of aromatic amines is 1. The fourth-order valence-corrected chi connectivity index (χ4v) is 8.33. The Bertz CT molecular complexity index is 2340. The first-order chi connectivity index (χ1) is 26.8. The minimum Gasteiger partial charge on any atom is -0.390 e. The molecule has 0 bridgehead atoms. The maximum Gasteiger partial charge on any atom is 0.331 e. The number of nitrogens with one attached hydrogen (secondary N) is 3. The van der Waals surface area contributed by atoms with E-state index in [4.69, 9.17) is 18.5 Å². The topological polar surface area (TPSA) is 240 Å². The van der Waals surface area contributed by atoms with Crippen LogP contribution in [0.25, 0.3) is 22.3 Å². The van der Waals surface area contributed by atoms with E-state index < -0.39 is 73.9 Å². The summed E-state index contributed by atoms with van der Waals surface area (Å²) in [5.41, 5.74) is 0.329. The molecule has 0 aliphatic carbocycles. The second kappa shape index (κ2) is 15.9. The number of hydrogen-bond acceptors (Lipinski definition) is 14. The maximum atomic E-state index is 16.0. The molecule has 7 rings (SSSR count). The Kier molecular flexibility index (Phi) is 11.1. The van der Waals surface area contributed by atoms with E-state index in [9.17, 15) is 24.1 Å². The quantitative estimate of drug-likeness (QED) is 0.123. The van der Waals surface area contributed by atoms with E-state index >= 15 is 4.39 Å². The summed E-state index contributed by atoms with van der Waals surface area (Å²) in [6.45, 7) is 6.84. The van der Waals surface area contributed by atoms with Crippen molar-refractivity contribution in [1.82, 2.24) is 39.0 Å². The third-order valence-corrected chi connectivity index (χ3v) is 11.9. The molecule has 56 heavy (non-hydrogen) atoms. The van der Waals surface area contributed by atoms with E-state index in [1.54, 1.807) is 62.6 Å². The number of ether oxygens (including phenoxy) is 2. The number of rotatable bonds is 13. The summed E-state index contributed by atoms with van der Waals surface area (Å²) in [5, 5.41) is 16.6. The van der Waals surface area contributed by atoms with Gasteiger partial charge >= 0.3 is 7.60 Å². The van der Waals surface area contributed by atoms with Gasteiger partial charge in [0.05, 0.1) is 37.1 Å². The molecule has 4 N–H and O–H groups in total. The minimum atomic E-state index is -4.11. The highest BCUT2D eigenvalue weighted by atomic mass is 31.2. The Morgan fingerprint density at radius 3 is 2.41 bits per heavy atom. The van der Waals surface area contributed by atoms with Crippen molar-refractivity contribution < 1.29 is 42.2 Å². The van der Waals surface area contributed by atoms with Gasteiger partial charge in [0.15, 0.2) is 40.5 Å². The first-order valence-corrected chi connectivity index (χ1v) is 19.8. The number of carbonyl (C=O) groups excluding carboxylic acids is 2. The van der Waals surface area contributed by atoms with Crippen LogP contribution in [-0.2, 0) is 27.9 Å². The molecule has 2 aliphatic rings.